The van der Waals surface area contributed by atoms with Crippen LogP contribution >= 0.6 is 11.3 Å². The van der Waals surface area contributed by atoms with Gasteiger partial charge in [0.05, 0.1) is 12.0 Å². The molecule has 5 nitrogen and oxygen atoms in total. The largest absolute Gasteiger partial charge is 0.459 e. The molecular weight excluding hydrogens is 286 g/mol. The maximum Gasteiger partial charge on any atom is 0.286 e. The van der Waals surface area contributed by atoms with Crippen molar-refractivity contribution in [2.24, 2.45) is 0 Å². The summed E-state index contributed by atoms with van der Waals surface area (Å²) in [5.74, 6) is 0.118. The monoisotopic (exact) mass is 299 g/mol. The number of amides is 1. The zero-order valence-electron chi connectivity index (χ0n) is 11.2. The van der Waals surface area contributed by atoms with Gasteiger partial charge in [-0.1, -0.05) is 0 Å². The Labute approximate surface area is 125 Å². The molecule has 1 amide bonds. The number of thiazole rings is 1. The van der Waals surface area contributed by atoms with Crippen LogP contribution in [0.25, 0.3) is 10.6 Å². The molecule has 0 aliphatic heterocycles. The lowest BCUT2D eigenvalue weighted by atomic mass is 10.3. The van der Waals surface area contributed by atoms with Gasteiger partial charge in [0.1, 0.15) is 5.01 Å². The summed E-state index contributed by atoms with van der Waals surface area (Å²) in [7, 11) is 0. The van der Waals surface area contributed by atoms with Gasteiger partial charge in [0.15, 0.2) is 5.76 Å². The van der Waals surface area contributed by atoms with E-state index in [4.69, 9.17) is 4.42 Å². The van der Waals surface area contributed by atoms with E-state index in [9.17, 15) is 4.79 Å². The Morgan fingerprint density at radius 3 is 3.05 bits per heavy atom. The van der Waals surface area contributed by atoms with E-state index in [-0.39, 0.29) is 5.91 Å². The fourth-order valence-corrected chi connectivity index (χ4v) is 2.69. The van der Waals surface area contributed by atoms with Crippen LogP contribution in [-0.2, 0) is 6.42 Å². The molecule has 21 heavy (non-hydrogen) atoms. The number of carbonyl (C=O) groups excluding carboxylic acids is 1. The molecule has 3 aromatic rings. The number of aromatic nitrogens is 2. The van der Waals surface area contributed by atoms with E-state index in [0.717, 1.165) is 16.3 Å². The van der Waals surface area contributed by atoms with Crippen molar-refractivity contribution in [2.75, 3.05) is 6.54 Å². The Morgan fingerprint density at radius 1 is 1.33 bits per heavy atom. The van der Waals surface area contributed by atoms with Crippen molar-refractivity contribution in [3.05, 3.63) is 59.8 Å². The number of nitrogens with zero attached hydrogens (tertiary/aromatic N) is 2. The molecule has 3 rings (SSSR count). The van der Waals surface area contributed by atoms with Gasteiger partial charge in [-0.15, -0.1) is 11.3 Å². The minimum atomic E-state index is -0.206. The molecule has 106 valence electrons. The van der Waals surface area contributed by atoms with Crippen LogP contribution in [0.2, 0.25) is 0 Å². The summed E-state index contributed by atoms with van der Waals surface area (Å²) in [6.45, 7) is 0.524. The van der Waals surface area contributed by atoms with Gasteiger partial charge in [-0.25, -0.2) is 4.98 Å². The summed E-state index contributed by atoms with van der Waals surface area (Å²) in [6, 6.07) is 7.20. The fraction of sp³-hybridized carbons (Fsp3) is 0.133. The fourth-order valence-electron chi connectivity index (χ4n) is 1.84. The van der Waals surface area contributed by atoms with Gasteiger partial charge in [-0.2, -0.15) is 0 Å². The third-order valence-electron chi connectivity index (χ3n) is 2.87. The molecule has 0 unspecified atom stereocenters. The number of rotatable bonds is 5. The molecule has 0 aromatic carbocycles. The highest BCUT2D eigenvalue weighted by atomic mass is 32.1. The van der Waals surface area contributed by atoms with Gasteiger partial charge in [-0.05, 0) is 24.3 Å². The van der Waals surface area contributed by atoms with Gasteiger partial charge in [0, 0.05) is 36.3 Å². The lowest BCUT2D eigenvalue weighted by Gasteiger charge is -2.01. The van der Waals surface area contributed by atoms with Crippen LogP contribution in [0.15, 0.2) is 52.7 Å². The van der Waals surface area contributed by atoms with E-state index >= 15 is 0 Å². The van der Waals surface area contributed by atoms with Crippen LogP contribution in [0.4, 0.5) is 0 Å². The van der Waals surface area contributed by atoms with Crippen LogP contribution in [0.5, 0.6) is 0 Å². The first kappa shape index (κ1) is 13.5. The maximum absolute atomic E-state index is 11.7. The maximum atomic E-state index is 11.7. The highest BCUT2D eigenvalue weighted by Gasteiger charge is 2.08. The van der Waals surface area contributed by atoms with Crippen LogP contribution in [0, 0.1) is 0 Å². The van der Waals surface area contributed by atoms with Crippen LogP contribution in [-0.4, -0.2) is 22.4 Å². The minimum absolute atomic E-state index is 0.206. The molecule has 3 heterocycles. The van der Waals surface area contributed by atoms with Crippen LogP contribution in [0.3, 0.4) is 0 Å². The average molecular weight is 299 g/mol. The summed E-state index contributed by atoms with van der Waals surface area (Å²) in [4.78, 5) is 20.3. The van der Waals surface area contributed by atoms with Crippen molar-refractivity contribution in [3.63, 3.8) is 0 Å². The molecule has 0 bridgehead atoms. The Kier molecular flexibility index (Phi) is 4.07. The Bertz CT molecular complexity index is 708. The normalized spacial score (nSPS) is 10.5. The van der Waals surface area contributed by atoms with E-state index < -0.39 is 0 Å². The zero-order chi connectivity index (χ0) is 14.5. The number of nitrogens with one attached hydrogen (secondary N) is 1. The first-order valence-electron chi connectivity index (χ1n) is 6.49. The number of furan rings is 1. The molecule has 0 aliphatic rings. The van der Waals surface area contributed by atoms with Gasteiger partial charge in [0.2, 0.25) is 0 Å². The van der Waals surface area contributed by atoms with Crippen molar-refractivity contribution in [2.45, 2.75) is 6.42 Å². The van der Waals surface area contributed by atoms with Crippen molar-refractivity contribution in [1.82, 2.24) is 15.3 Å². The molecule has 0 saturated carbocycles. The summed E-state index contributed by atoms with van der Waals surface area (Å²) >= 11 is 1.58. The van der Waals surface area contributed by atoms with Crippen LogP contribution < -0.4 is 5.32 Å². The quantitative estimate of drug-likeness (QED) is 0.786. The molecule has 3 aromatic heterocycles. The summed E-state index contributed by atoms with van der Waals surface area (Å²) in [5.41, 5.74) is 1.96. The molecule has 0 radical (unpaired) electrons. The summed E-state index contributed by atoms with van der Waals surface area (Å²) in [5, 5.41) is 5.74. The van der Waals surface area contributed by atoms with Crippen molar-refractivity contribution in [1.29, 1.82) is 0 Å². The second kappa shape index (κ2) is 6.32. The van der Waals surface area contributed by atoms with E-state index in [0.29, 0.717) is 18.7 Å². The van der Waals surface area contributed by atoms with Gasteiger partial charge in [-0.3, -0.25) is 9.78 Å². The van der Waals surface area contributed by atoms with Crippen molar-refractivity contribution in [3.8, 4) is 10.6 Å². The van der Waals surface area contributed by atoms with Crippen molar-refractivity contribution < 1.29 is 9.21 Å². The lowest BCUT2D eigenvalue weighted by Crippen LogP contribution is -2.25. The smallest absolute Gasteiger partial charge is 0.286 e. The Balaban J connectivity index is 1.55. The molecule has 1 N–H and O–H groups in total. The number of hydrogen-bond acceptors (Lipinski definition) is 5. The first-order chi connectivity index (χ1) is 10.3. The molecular formula is C15H13N3O2S. The third-order valence-corrected chi connectivity index (χ3v) is 3.81. The number of carbonyl (C=O) groups is 1. The summed E-state index contributed by atoms with van der Waals surface area (Å²) < 4.78 is 5.03. The van der Waals surface area contributed by atoms with Crippen LogP contribution in [0.1, 0.15) is 16.2 Å². The van der Waals surface area contributed by atoms with E-state index in [2.05, 4.69) is 15.3 Å². The summed E-state index contributed by atoms with van der Waals surface area (Å²) in [6.07, 6.45) is 5.70. The third kappa shape index (κ3) is 3.35. The average Bonchev–Trinajstić information content (AvgIpc) is 3.20. The molecule has 0 atom stereocenters. The molecule has 0 saturated heterocycles. The SMILES string of the molecule is O=C(NCCc1csc(-c2cccnc2)n1)c1ccco1. The second-order valence-electron chi connectivity index (χ2n) is 4.37. The van der Waals surface area contributed by atoms with E-state index in [1.54, 1.807) is 35.9 Å². The van der Waals surface area contributed by atoms with E-state index in [1.165, 1.54) is 6.26 Å². The Hall–Kier alpha value is -2.47. The number of hydrogen-bond donors (Lipinski definition) is 1. The minimum Gasteiger partial charge on any atom is -0.459 e. The van der Waals surface area contributed by atoms with Crippen molar-refractivity contribution >= 4 is 17.2 Å². The predicted molar refractivity (Wildman–Crippen MR) is 80.1 cm³/mol. The highest BCUT2D eigenvalue weighted by Crippen LogP contribution is 2.22. The predicted octanol–water partition coefficient (Wildman–Crippen LogP) is 2.77. The second-order valence-corrected chi connectivity index (χ2v) is 5.23. The molecule has 0 spiro atoms. The topological polar surface area (TPSA) is 68.0 Å². The van der Waals surface area contributed by atoms with E-state index in [1.807, 2.05) is 17.5 Å². The molecule has 0 aliphatic carbocycles. The molecule has 6 heteroatoms. The zero-order valence-corrected chi connectivity index (χ0v) is 12.0. The standard InChI is InChI=1S/C15H13N3O2S/c19-14(13-4-2-8-20-13)17-7-5-12-10-21-15(18-12)11-3-1-6-16-9-11/h1-4,6,8-10H,5,7H2,(H,17,19). The number of pyridine rings is 1. The van der Waals surface area contributed by atoms with Gasteiger partial charge >= 0.3 is 0 Å². The van der Waals surface area contributed by atoms with Gasteiger partial charge < -0.3 is 9.73 Å². The molecule has 0 fully saturated rings. The highest BCUT2D eigenvalue weighted by molar-refractivity contribution is 7.13. The first-order valence-corrected chi connectivity index (χ1v) is 7.37. The van der Waals surface area contributed by atoms with Gasteiger partial charge in [0.25, 0.3) is 5.91 Å². The lowest BCUT2D eigenvalue weighted by molar-refractivity contribution is 0.0926. The Morgan fingerprint density at radius 2 is 2.29 bits per heavy atom.